The molecule has 8 nitrogen and oxygen atoms in total. The van der Waals surface area contributed by atoms with Crippen molar-refractivity contribution in [2.24, 2.45) is 5.10 Å². The minimum Gasteiger partial charge on any atom is -0.379 e. The molecule has 0 aliphatic rings. The van der Waals surface area contributed by atoms with Crippen molar-refractivity contribution in [3.63, 3.8) is 0 Å². The zero-order valence-electron chi connectivity index (χ0n) is 10.2. The van der Waals surface area contributed by atoms with Crippen LogP contribution in [0.1, 0.15) is 16.1 Å². The number of aromatic amines is 1. The van der Waals surface area contributed by atoms with Gasteiger partial charge in [-0.2, -0.15) is 5.10 Å². The minimum absolute atomic E-state index is 0.0789. The molecule has 0 atom stereocenters. The third kappa shape index (κ3) is 2.09. The number of carbonyl (C=O) groups excluding carboxylic acids is 1. The summed E-state index contributed by atoms with van der Waals surface area (Å²) in [6.07, 6.45) is 3.33. The van der Waals surface area contributed by atoms with Crippen molar-refractivity contribution in [3.8, 4) is 0 Å². The normalized spacial score (nSPS) is 11.2. The maximum atomic E-state index is 11.6. The first kappa shape index (κ1) is 11.9. The fourth-order valence-corrected chi connectivity index (χ4v) is 1.77. The van der Waals surface area contributed by atoms with Crippen LogP contribution in [-0.2, 0) is 0 Å². The number of aromatic nitrogens is 3. The number of amides is 1. The van der Waals surface area contributed by atoms with Crippen molar-refractivity contribution in [3.05, 3.63) is 41.7 Å². The van der Waals surface area contributed by atoms with Gasteiger partial charge in [0.05, 0.1) is 6.21 Å². The lowest BCUT2D eigenvalue weighted by molar-refractivity contribution is 0.0946. The summed E-state index contributed by atoms with van der Waals surface area (Å²) in [7, 11) is 0. The fraction of sp³-hybridized carbons (Fsp3) is 0. The number of nitrogens with two attached hydrogens (primary N) is 1. The van der Waals surface area contributed by atoms with Crippen molar-refractivity contribution in [2.75, 3.05) is 5.73 Å². The van der Waals surface area contributed by atoms with Crippen molar-refractivity contribution in [2.45, 2.75) is 0 Å². The molecule has 0 unspecified atom stereocenters. The molecule has 0 aliphatic heterocycles. The molecular weight excluding hydrogens is 260 g/mol. The second-order valence-corrected chi connectivity index (χ2v) is 3.99. The smallest absolute Gasteiger partial charge is 0.297 e. The van der Waals surface area contributed by atoms with Gasteiger partial charge in [0.1, 0.15) is 0 Å². The number of hydrogen-bond donors (Lipinski definition) is 3. The quantitative estimate of drug-likeness (QED) is 0.482. The lowest BCUT2D eigenvalue weighted by Gasteiger charge is -1.94. The second kappa shape index (κ2) is 4.84. The number of nitrogens with one attached hydrogen (secondary N) is 2. The Morgan fingerprint density at radius 3 is 3.05 bits per heavy atom. The molecule has 3 rings (SSSR count). The molecule has 0 bridgehead atoms. The number of rotatable bonds is 3. The molecule has 1 aromatic carbocycles. The molecule has 0 fully saturated rings. The average molecular weight is 270 g/mol. The monoisotopic (exact) mass is 270 g/mol. The van der Waals surface area contributed by atoms with Gasteiger partial charge >= 0.3 is 0 Å². The van der Waals surface area contributed by atoms with Gasteiger partial charge < -0.3 is 10.7 Å². The topological polar surface area (TPSA) is 122 Å². The number of fused-ring (bicyclic) bond motifs is 1. The van der Waals surface area contributed by atoms with Crippen molar-refractivity contribution in [1.82, 2.24) is 20.7 Å². The number of nitrogen functional groups attached to an aromatic ring is 1. The van der Waals surface area contributed by atoms with Crippen LogP contribution in [0.25, 0.3) is 10.9 Å². The number of carbonyl (C=O) groups is 1. The van der Waals surface area contributed by atoms with E-state index in [-0.39, 0.29) is 11.5 Å². The Balaban J connectivity index is 1.75. The van der Waals surface area contributed by atoms with Crippen LogP contribution in [0.15, 0.2) is 40.2 Å². The maximum Gasteiger partial charge on any atom is 0.297 e. The van der Waals surface area contributed by atoms with Gasteiger partial charge in [-0.3, -0.25) is 4.79 Å². The van der Waals surface area contributed by atoms with E-state index < -0.39 is 5.91 Å². The van der Waals surface area contributed by atoms with Gasteiger partial charge in [-0.15, -0.1) is 0 Å². The van der Waals surface area contributed by atoms with Crippen LogP contribution in [0.2, 0.25) is 0 Å². The molecule has 0 aliphatic carbocycles. The van der Waals surface area contributed by atoms with Gasteiger partial charge in [-0.1, -0.05) is 18.2 Å². The first-order valence-corrected chi connectivity index (χ1v) is 5.73. The molecule has 2 aromatic heterocycles. The van der Waals surface area contributed by atoms with E-state index in [0.29, 0.717) is 0 Å². The Hall–Kier alpha value is -3.16. The zero-order valence-corrected chi connectivity index (χ0v) is 10.2. The highest BCUT2D eigenvalue weighted by Gasteiger charge is 2.14. The van der Waals surface area contributed by atoms with Crippen molar-refractivity contribution >= 4 is 28.8 Å². The SMILES string of the molecule is Nc1nonc1C(=O)N/N=C\c1c[nH]c2ccccc12. The standard InChI is InChI=1S/C12H10N6O2/c13-11-10(17-20-18-11)12(19)16-15-6-7-5-14-9-4-2-1-3-8(7)9/h1-6,14H,(H2,13,18)(H,16,19)/b15-6-. The van der Waals surface area contributed by atoms with Gasteiger partial charge in [0, 0.05) is 22.7 Å². The highest BCUT2D eigenvalue weighted by molar-refractivity contribution is 6.00. The first-order valence-electron chi connectivity index (χ1n) is 5.73. The summed E-state index contributed by atoms with van der Waals surface area (Å²) in [6, 6.07) is 7.76. The van der Waals surface area contributed by atoms with E-state index in [1.54, 1.807) is 6.20 Å². The van der Waals surface area contributed by atoms with E-state index in [1.807, 2.05) is 24.3 Å². The molecule has 0 saturated carbocycles. The number of hydrogen-bond acceptors (Lipinski definition) is 6. The molecule has 3 aromatic rings. The summed E-state index contributed by atoms with van der Waals surface area (Å²) >= 11 is 0. The van der Waals surface area contributed by atoms with Crippen LogP contribution in [0.3, 0.4) is 0 Å². The van der Waals surface area contributed by atoms with E-state index in [4.69, 9.17) is 5.73 Å². The third-order valence-corrected chi connectivity index (χ3v) is 2.72. The zero-order chi connectivity index (χ0) is 13.9. The molecule has 1 amide bonds. The minimum atomic E-state index is -0.583. The highest BCUT2D eigenvalue weighted by Crippen LogP contribution is 2.15. The predicted molar refractivity (Wildman–Crippen MR) is 72.1 cm³/mol. The van der Waals surface area contributed by atoms with Gasteiger partial charge in [0.15, 0.2) is 0 Å². The average Bonchev–Trinajstić information content (AvgIpc) is 3.05. The van der Waals surface area contributed by atoms with Crippen molar-refractivity contribution in [1.29, 1.82) is 0 Å². The second-order valence-electron chi connectivity index (χ2n) is 3.99. The highest BCUT2D eigenvalue weighted by atomic mass is 16.6. The maximum absolute atomic E-state index is 11.6. The molecule has 4 N–H and O–H groups in total. The fourth-order valence-electron chi connectivity index (χ4n) is 1.77. The molecule has 2 heterocycles. The predicted octanol–water partition coefficient (Wildman–Crippen LogP) is 0.897. The van der Waals surface area contributed by atoms with E-state index >= 15 is 0 Å². The van der Waals surface area contributed by atoms with Crippen LogP contribution in [-0.4, -0.2) is 27.4 Å². The van der Waals surface area contributed by atoms with Crippen LogP contribution in [0.5, 0.6) is 0 Å². The Morgan fingerprint density at radius 2 is 2.25 bits per heavy atom. The van der Waals surface area contributed by atoms with Gasteiger partial charge in [0.25, 0.3) is 5.91 Å². The van der Waals surface area contributed by atoms with Crippen LogP contribution < -0.4 is 11.2 Å². The van der Waals surface area contributed by atoms with E-state index in [2.05, 4.69) is 30.5 Å². The summed E-state index contributed by atoms with van der Waals surface area (Å²) in [5, 5.41) is 11.5. The first-order chi connectivity index (χ1) is 9.75. The number of nitrogens with zero attached hydrogens (tertiary/aromatic N) is 3. The molecule has 0 radical (unpaired) electrons. The number of hydrazone groups is 1. The molecule has 100 valence electrons. The Labute approximate surface area is 112 Å². The van der Waals surface area contributed by atoms with Gasteiger partial charge in [-0.25, -0.2) is 10.1 Å². The summed E-state index contributed by atoms with van der Waals surface area (Å²) in [4.78, 5) is 14.7. The molecule has 0 spiro atoms. The van der Waals surface area contributed by atoms with Gasteiger partial charge in [-0.05, 0) is 16.4 Å². The number of para-hydroxylation sites is 1. The van der Waals surface area contributed by atoms with E-state index in [1.165, 1.54) is 6.21 Å². The van der Waals surface area contributed by atoms with Crippen LogP contribution in [0, 0.1) is 0 Å². The largest absolute Gasteiger partial charge is 0.379 e. The summed E-state index contributed by atoms with van der Waals surface area (Å²) < 4.78 is 4.33. The molecule has 8 heteroatoms. The lowest BCUT2D eigenvalue weighted by atomic mass is 10.2. The summed E-state index contributed by atoms with van der Waals surface area (Å²) in [5.74, 6) is -0.662. The summed E-state index contributed by atoms with van der Waals surface area (Å²) in [6.45, 7) is 0. The lowest BCUT2D eigenvalue weighted by Crippen LogP contribution is -2.19. The van der Waals surface area contributed by atoms with E-state index in [9.17, 15) is 4.79 Å². The molecule has 0 saturated heterocycles. The number of benzene rings is 1. The Bertz CT molecular complexity index is 788. The van der Waals surface area contributed by atoms with Crippen LogP contribution >= 0.6 is 0 Å². The van der Waals surface area contributed by atoms with Gasteiger partial charge in [0.2, 0.25) is 11.5 Å². The molecular formula is C12H10N6O2. The molecule has 20 heavy (non-hydrogen) atoms. The Morgan fingerprint density at radius 1 is 1.40 bits per heavy atom. The van der Waals surface area contributed by atoms with Crippen LogP contribution in [0.4, 0.5) is 5.82 Å². The number of anilines is 1. The van der Waals surface area contributed by atoms with Crippen molar-refractivity contribution < 1.29 is 9.42 Å². The summed E-state index contributed by atoms with van der Waals surface area (Å²) in [5.41, 5.74) is 9.45. The van der Waals surface area contributed by atoms with E-state index in [0.717, 1.165) is 16.5 Å². The third-order valence-electron chi connectivity index (χ3n) is 2.72. The Kier molecular flexibility index (Phi) is 2.88. The number of H-pyrrole nitrogens is 1.